The third kappa shape index (κ3) is 3.07. The van der Waals surface area contributed by atoms with Gasteiger partial charge in [-0.1, -0.05) is 0 Å². The van der Waals surface area contributed by atoms with Crippen LogP contribution in [0.5, 0.6) is 12.0 Å². The number of anilines is 1. The first kappa shape index (κ1) is 15.9. The van der Waals surface area contributed by atoms with Crippen molar-refractivity contribution < 1.29 is 13.9 Å². The number of methoxy groups -OCH3 is 2. The molecule has 9 heteroatoms. The van der Waals surface area contributed by atoms with Crippen LogP contribution in [0.3, 0.4) is 0 Å². The van der Waals surface area contributed by atoms with Gasteiger partial charge < -0.3 is 14.4 Å². The average molecular weight is 346 g/mol. The van der Waals surface area contributed by atoms with Gasteiger partial charge in [-0.3, -0.25) is 9.88 Å². The third-order valence-corrected chi connectivity index (χ3v) is 4.62. The number of pyridine rings is 1. The molecule has 0 saturated carbocycles. The van der Waals surface area contributed by atoms with Crippen LogP contribution >= 0.6 is 0 Å². The van der Waals surface area contributed by atoms with Crippen molar-refractivity contribution >= 4 is 5.95 Å². The van der Waals surface area contributed by atoms with Crippen molar-refractivity contribution in [2.45, 2.75) is 25.0 Å². The molecule has 0 aliphatic carbocycles. The zero-order chi connectivity index (χ0) is 17.4. The monoisotopic (exact) mass is 346 g/mol. The fourth-order valence-corrected chi connectivity index (χ4v) is 3.58. The molecular weight excluding hydrogens is 327 g/mol. The minimum absolute atomic E-state index is 0.245. The molecule has 132 valence electrons. The molecule has 2 unspecified atom stereocenters. The average Bonchev–Trinajstić information content (AvgIpc) is 2.61. The lowest BCUT2D eigenvalue weighted by molar-refractivity contribution is 0.106. The molecule has 2 bridgehead atoms. The molecule has 3 saturated heterocycles. The largest absolute Gasteiger partial charge is 0.467 e. The zero-order valence-electron chi connectivity index (χ0n) is 14.1. The number of nitrogens with zero attached hydrogens (tertiary/aromatic N) is 6. The summed E-state index contributed by atoms with van der Waals surface area (Å²) in [6.07, 6.45) is 4.03. The number of ether oxygens (including phenoxy) is 2. The molecule has 0 amide bonds. The SMILES string of the molecule is COc1nc(OC)nc(N2C3CC2CN(Cc2cncc(F)c2)C3)n1. The van der Waals surface area contributed by atoms with Crippen molar-refractivity contribution in [3.8, 4) is 12.0 Å². The van der Waals surface area contributed by atoms with Crippen LogP contribution in [0, 0.1) is 5.82 Å². The normalized spacial score (nSPS) is 22.4. The van der Waals surface area contributed by atoms with Gasteiger partial charge in [0, 0.05) is 37.9 Å². The van der Waals surface area contributed by atoms with Gasteiger partial charge in [0.15, 0.2) is 0 Å². The Balaban J connectivity index is 1.47. The smallest absolute Gasteiger partial charge is 0.324 e. The van der Waals surface area contributed by atoms with E-state index in [1.807, 2.05) is 0 Å². The molecule has 0 spiro atoms. The summed E-state index contributed by atoms with van der Waals surface area (Å²) in [5, 5.41) is 0. The summed E-state index contributed by atoms with van der Waals surface area (Å²) in [4.78, 5) is 21.1. The van der Waals surface area contributed by atoms with E-state index in [9.17, 15) is 4.39 Å². The first-order chi connectivity index (χ1) is 12.2. The first-order valence-electron chi connectivity index (χ1n) is 8.10. The highest BCUT2D eigenvalue weighted by atomic mass is 19.1. The Labute approximate surface area is 144 Å². The minimum Gasteiger partial charge on any atom is -0.467 e. The second kappa shape index (κ2) is 6.40. The predicted molar refractivity (Wildman–Crippen MR) is 87.1 cm³/mol. The van der Waals surface area contributed by atoms with E-state index in [-0.39, 0.29) is 17.8 Å². The Bertz CT molecular complexity index is 742. The van der Waals surface area contributed by atoms with Crippen molar-refractivity contribution in [2.75, 3.05) is 32.2 Å². The van der Waals surface area contributed by atoms with Gasteiger partial charge in [-0.15, -0.1) is 4.98 Å². The van der Waals surface area contributed by atoms with Crippen molar-refractivity contribution in [1.29, 1.82) is 0 Å². The predicted octanol–water partition coefficient (Wildman–Crippen LogP) is 0.886. The number of aromatic nitrogens is 4. The molecule has 25 heavy (non-hydrogen) atoms. The number of rotatable bonds is 5. The molecule has 8 nitrogen and oxygen atoms in total. The second-order valence-corrected chi connectivity index (χ2v) is 6.26. The summed E-state index contributed by atoms with van der Waals surface area (Å²) in [5.41, 5.74) is 0.886. The lowest BCUT2D eigenvalue weighted by Crippen LogP contribution is -2.69. The van der Waals surface area contributed by atoms with Crippen LogP contribution in [0.2, 0.25) is 0 Å². The number of piperidine rings is 1. The topological polar surface area (TPSA) is 76.5 Å². The Hall–Kier alpha value is -2.55. The van der Waals surface area contributed by atoms with Crippen molar-refractivity contribution in [1.82, 2.24) is 24.8 Å². The number of hydrogen-bond acceptors (Lipinski definition) is 8. The van der Waals surface area contributed by atoms with Gasteiger partial charge in [-0.25, -0.2) is 4.39 Å². The molecule has 0 aromatic carbocycles. The minimum atomic E-state index is -0.300. The maximum Gasteiger partial charge on any atom is 0.324 e. The van der Waals surface area contributed by atoms with E-state index >= 15 is 0 Å². The lowest BCUT2D eigenvalue weighted by atomic mass is 9.87. The summed E-state index contributed by atoms with van der Waals surface area (Å²) in [6, 6.07) is 2.66. The first-order valence-corrected chi connectivity index (χ1v) is 8.10. The second-order valence-electron chi connectivity index (χ2n) is 6.26. The number of hydrogen-bond donors (Lipinski definition) is 0. The molecule has 2 aromatic rings. The van der Waals surface area contributed by atoms with Gasteiger partial charge in [-0.2, -0.15) is 9.97 Å². The summed E-state index contributed by atoms with van der Waals surface area (Å²) in [5.74, 6) is 0.280. The molecule has 2 atom stereocenters. The molecule has 5 rings (SSSR count). The van der Waals surface area contributed by atoms with Gasteiger partial charge in [0.25, 0.3) is 0 Å². The molecule has 0 N–H and O–H groups in total. The van der Waals surface area contributed by atoms with E-state index in [4.69, 9.17) is 9.47 Å². The van der Waals surface area contributed by atoms with Gasteiger partial charge in [0.05, 0.1) is 20.4 Å². The highest BCUT2D eigenvalue weighted by molar-refractivity contribution is 5.42. The maximum atomic E-state index is 13.3. The van der Waals surface area contributed by atoms with E-state index in [0.717, 1.165) is 25.1 Å². The van der Waals surface area contributed by atoms with E-state index in [2.05, 4.69) is 29.7 Å². The van der Waals surface area contributed by atoms with Crippen molar-refractivity contribution in [3.05, 3.63) is 29.8 Å². The van der Waals surface area contributed by atoms with Gasteiger partial charge in [-0.05, 0) is 18.1 Å². The van der Waals surface area contributed by atoms with Crippen LogP contribution in [0.1, 0.15) is 12.0 Å². The molecule has 3 fully saturated rings. The van der Waals surface area contributed by atoms with Crippen LogP contribution in [0.15, 0.2) is 18.5 Å². The number of piperazine rings is 1. The quantitative estimate of drug-likeness (QED) is 0.790. The fourth-order valence-electron chi connectivity index (χ4n) is 3.58. The molecule has 5 heterocycles. The Morgan fingerprint density at radius 2 is 1.76 bits per heavy atom. The van der Waals surface area contributed by atoms with Crippen molar-refractivity contribution in [3.63, 3.8) is 0 Å². The summed E-state index contributed by atoms with van der Waals surface area (Å²) in [7, 11) is 3.04. The molecule has 2 aromatic heterocycles. The number of halogens is 1. The molecular formula is C16H19FN6O2. The standard InChI is InChI=1S/C16H19FN6O2/c1-24-15-19-14(20-16(21-15)25-2)23-12-4-13(23)9-22(8-12)7-10-3-11(17)6-18-5-10/h3,5-6,12-13H,4,7-9H2,1-2H3. The summed E-state index contributed by atoms with van der Waals surface area (Å²) < 4.78 is 23.6. The Kier molecular flexibility index (Phi) is 4.08. The maximum absolute atomic E-state index is 13.3. The summed E-state index contributed by atoms with van der Waals surface area (Å²) in [6.45, 7) is 2.42. The lowest BCUT2D eigenvalue weighted by Gasteiger charge is -2.56. The highest BCUT2D eigenvalue weighted by Crippen LogP contribution is 2.36. The van der Waals surface area contributed by atoms with Gasteiger partial charge in [0.1, 0.15) is 5.82 Å². The van der Waals surface area contributed by atoms with Crippen LogP contribution in [0.25, 0.3) is 0 Å². The Morgan fingerprint density at radius 1 is 1.08 bits per heavy atom. The van der Waals surface area contributed by atoms with E-state index in [0.29, 0.717) is 24.6 Å². The Morgan fingerprint density at radius 3 is 2.36 bits per heavy atom. The van der Waals surface area contributed by atoms with Crippen LogP contribution < -0.4 is 14.4 Å². The number of fused-ring (bicyclic) bond motifs is 2. The van der Waals surface area contributed by atoms with Gasteiger partial charge >= 0.3 is 12.0 Å². The van der Waals surface area contributed by atoms with Crippen molar-refractivity contribution in [2.24, 2.45) is 0 Å². The van der Waals surface area contributed by atoms with E-state index < -0.39 is 0 Å². The van der Waals surface area contributed by atoms with Crippen LogP contribution in [0.4, 0.5) is 10.3 Å². The molecule has 3 aliphatic rings. The van der Waals surface area contributed by atoms with Crippen LogP contribution in [-0.4, -0.2) is 64.2 Å². The van der Waals surface area contributed by atoms with Crippen LogP contribution in [-0.2, 0) is 6.54 Å². The molecule has 0 radical (unpaired) electrons. The third-order valence-electron chi connectivity index (χ3n) is 4.62. The van der Waals surface area contributed by atoms with E-state index in [1.54, 1.807) is 6.20 Å². The summed E-state index contributed by atoms with van der Waals surface area (Å²) >= 11 is 0. The molecule has 3 aliphatic heterocycles. The van der Waals surface area contributed by atoms with E-state index in [1.165, 1.54) is 26.5 Å². The zero-order valence-corrected chi connectivity index (χ0v) is 14.1. The highest BCUT2D eigenvalue weighted by Gasteiger charge is 2.46. The van der Waals surface area contributed by atoms with Gasteiger partial charge in [0.2, 0.25) is 5.95 Å². The fraction of sp³-hybridized carbons (Fsp3) is 0.500.